The number of benzene rings is 1. The summed E-state index contributed by atoms with van der Waals surface area (Å²) in [5.41, 5.74) is 1.73. The lowest BCUT2D eigenvalue weighted by atomic mass is 10.0. The van der Waals surface area contributed by atoms with Gasteiger partial charge in [-0.15, -0.1) is 0 Å². The zero-order chi connectivity index (χ0) is 17.4. The maximum atomic E-state index is 12.8. The Kier molecular flexibility index (Phi) is 3.96. The molecule has 0 saturated carbocycles. The van der Waals surface area contributed by atoms with Gasteiger partial charge in [-0.1, -0.05) is 0 Å². The molecule has 0 radical (unpaired) electrons. The number of likely N-dealkylation sites (tertiary alicyclic amines) is 1. The van der Waals surface area contributed by atoms with Crippen LogP contribution < -0.4 is 0 Å². The van der Waals surface area contributed by atoms with Crippen LogP contribution in [0.4, 0.5) is 5.69 Å². The summed E-state index contributed by atoms with van der Waals surface area (Å²) in [6.07, 6.45) is 3.47. The van der Waals surface area contributed by atoms with Crippen molar-refractivity contribution in [2.75, 3.05) is 6.54 Å². The maximum Gasteiger partial charge on any atom is 0.311 e. The Bertz CT molecular complexity index is 814. The fourth-order valence-corrected chi connectivity index (χ4v) is 3.14. The fourth-order valence-electron chi connectivity index (χ4n) is 3.14. The topological polar surface area (TPSA) is 102 Å². The molecule has 1 fully saturated rings. The molecule has 8 heteroatoms. The van der Waals surface area contributed by atoms with Gasteiger partial charge in [0, 0.05) is 36.5 Å². The molecule has 1 atom stereocenters. The molecule has 0 aliphatic carbocycles. The summed E-state index contributed by atoms with van der Waals surface area (Å²) in [4.78, 5) is 24.8. The van der Waals surface area contributed by atoms with E-state index in [4.69, 9.17) is 0 Å². The van der Waals surface area contributed by atoms with E-state index in [0.717, 1.165) is 30.2 Å². The van der Waals surface area contributed by atoms with E-state index in [1.54, 1.807) is 15.8 Å². The van der Waals surface area contributed by atoms with Crippen LogP contribution in [0.1, 0.15) is 40.5 Å². The minimum Gasteiger partial charge on any atom is -0.502 e. The molecule has 0 bridgehead atoms. The van der Waals surface area contributed by atoms with Gasteiger partial charge in [0.05, 0.1) is 17.2 Å². The second-order valence-corrected chi connectivity index (χ2v) is 5.93. The Hall–Kier alpha value is -2.90. The summed E-state index contributed by atoms with van der Waals surface area (Å²) in [7, 11) is 1.85. The van der Waals surface area contributed by atoms with Gasteiger partial charge in [0.1, 0.15) is 0 Å². The first-order valence-corrected chi connectivity index (χ1v) is 7.67. The molecular formula is C16H18N4O4. The maximum absolute atomic E-state index is 12.8. The van der Waals surface area contributed by atoms with Crippen LogP contribution >= 0.6 is 0 Å². The van der Waals surface area contributed by atoms with Gasteiger partial charge in [0.2, 0.25) is 0 Å². The monoisotopic (exact) mass is 330 g/mol. The molecular weight excluding hydrogens is 312 g/mol. The molecule has 1 N–H and O–H groups in total. The molecule has 1 amide bonds. The lowest BCUT2D eigenvalue weighted by molar-refractivity contribution is -0.385. The number of carbonyl (C=O) groups excluding carboxylic acids is 1. The molecule has 0 unspecified atom stereocenters. The Morgan fingerprint density at radius 3 is 2.83 bits per heavy atom. The number of aromatic hydroxyl groups is 1. The quantitative estimate of drug-likeness (QED) is 0.687. The second-order valence-electron chi connectivity index (χ2n) is 5.93. The minimum atomic E-state index is -0.696. The molecule has 1 saturated heterocycles. The van der Waals surface area contributed by atoms with Crippen LogP contribution in [0.25, 0.3) is 0 Å². The molecule has 126 valence electrons. The standard InChI is InChI=1S/C16H18N4O4/c1-10-12(9-17-18(10)2)13-4-3-7-19(13)16(22)11-5-6-15(21)14(8-11)20(23)24/h5-6,8-9,13,21H,3-4,7H2,1-2H3/t13-/m1/s1. The highest BCUT2D eigenvalue weighted by Crippen LogP contribution is 2.35. The van der Waals surface area contributed by atoms with Crippen molar-refractivity contribution in [3.05, 3.63) is 51.3 Å². The van der Waals surface area contributed by atoms with Crippen LogP contribution in [0.5, 0.6) is 5.75 Å². The second kappa shape index (κ2) is 5.95. The highest BCUT2D eigenvalue weighted by Gasteiger charge is 2.33. The van der Waals surface area contributed by atoms with E-state index in [2.05, 4.69) is 5.10 Å². The van der Waals surface area contributed by atoms with Crippen molar-refractivity contribution in [2.24, 2.45) is 7.05 Å². The number of aromatic nitrogens is 2. The Morgan fingerprint density at radius 1 is 1.46 bits per heavy atom. The first-order chi connectivity index (χ1) is 11.4. The molecule has 1 aliphatic rings. The van der Waals surface area contributed by atoms with E-state index >= 15 is 0 Å². The van der Waals surface area contributed by atoms with Gasteiger partial charge < -0.3 is 10.0 Å². The number of nitro groups is 1. The van der Waals surface area contributed by atoms with Crippen molar-refractivity contribution in [1.29, 1.82) is 0 Å². The summed E-state index contributed by atoms with van der Waals surface area (Å²) in [5.74, 6) is -0.721. The van der Waals surface area contributed by atoms with Gasteiger partial charge in [0.25, 0.3) is 5.91 Å². The molecule has 24 heavy (non-hydrogen) atoms. The average Bonchev–Trinajstić information content (AvgIpc) is 3.14. The molecule has 1 aromatic carbocycles. The third-order valence-corrected chi connectivity index (χ3v) is 4.56. The lowest BCUT2D eigenvalue weighted by Crippen LogP contribution is -2.30. The van der Waals surface area contributed by atoms with Crippen LogP contribution in [0.3, 0.4) is 0 Å². The number of phenolic OH excluding ortho intramolecular Hbond substituents is 1. The number of hydrogen-bond donors (Lipinski definition) is 1. The molecule has 2 heterocycles. The number of hydrogen-bond acceptors (Lipinski definition) is 5. The third kappa shape index (κ3) is 2.60. The van der Waals surface area contributed by atoms with Gasteiger partial charge >= 0.3 is 5.69 Å². The van der Waals surface area contributed by atoms with Crippen molar-refractivity contribution >= 4 is 11.6 Å². The zero-order valence-corrected chi connectivity index (χ0v) is 13.5. The van der Waals surface area contributed by atoms with Crippen LogP contribution in [0.2, 0.25) is 0 Å². The van der Waals surface area contributed by atoms with Crippen molar-refractivity contribution in [1.82, 2.24) is 14.7 Å². The summed E-state index contributed by atoms with van der Waals surface area (Å²) >= 11 is 0. The average molecular weight is 330 g/mol. The van der Waals surface area contributed by atoms with Gasteiger partial charge in [-0.3, -0.25) is 19.6 Å². The summed E-state index contributed by atoms with van der Waals surface area (Å²) in [5, 5.41) is 24.7. The van der Waals surface area contributed by atoms with Crippen LogP contribution in [0.15, 0.2) is 24.4 Å². The van der Waals surface area contributed by atoms with Gasteiger partial charge in [-0.2, -0.15) is 5.10 Å². The van der Waals surface area contributed by atoms with E-state index in [-0.39, 0.29) is 17.5 Å². The number of carbonyl (C=O) groups is 1. The van der Waals surface area contributed by atoms with E-state index in [1.165, 1.54) is 12.1 Å². The number of nitro benzene ring substituents is 1. The van der Waals surface area contributed by atoms with Crippen LogP contribution in [0, 0.1) is 17.0 Å². The molecule has 8 nitrogen and oxygen atoms in total. The lowest BCUT2D eigenvalue weighted by Gasteiger charge is -2.24. The van der Waals surface area contributed by atoms with Gasteiger partial charge in [-0.25, -0.2) is 0 Å². The third-order valence-electron chi connectivity index (χ3n) is 4.56. The highest BCUT2D eigenvalue weighted by molar-refractivity contribution is 5.95. The summed E-state index contributed by atoms with van der Waals surface area (Å²) < 4.78 is 1.77. The predicted octanol–water partition coefficient (Wildman–Crippen LogP) is 2.32. The van der Waals surface area contributed by atoms with Crippen LogP contribution in [-0.2, 0) is 7.05 Å². The molecule has 1 aromatic heterocycles. The van der Waals surface area contributed by atoms with Gasteiger partial charge in [0.15, 0.2) is 5.75 Å². The van der Waals surface area contributed by atoms with Crippen molar-refractivity contribution < 1.29 is 14.8 Å². The minimum absolute atomic E-state index is 0.0842. The van der Waals surface area contributed by atoms with E-state index in [0.29, 0.717) is 6.54 Å². The highest BCUT2D eigenvalue weighted by atomic mass is 16.6. The molecule has 3 rings (SSSR count). The number of rotatable bonds is 3. The zero-order valence-electron chi connectivity index (χ0n) is 13.5. The smallest absolute Gasteiger partial charge is 0.311 e. The number of amides is 1. The number of phenols is 1. The first kappa shape index (κ1) is 16.0. The normalized spacial score (nSPS) is 17.2. The predicted molar refractivity (Wildman–Crippen MR) is 85.7 cm³/mol. The number of aryl methyl sites for hydroxylation is 1. The van der Waals surface area contributed by atoms with E-state index in [9.17, 15) is 20.0 Å². The van der Waals surface area contributed by atoms with Crippen molar-refractivity contribution in [2.45, 2.75) is 25.8 Å². The SMILES string of the molecule is Cc1c([C@H]2CCCN2C(=O)c2ccc(O)c([N+](=O)[O-])c2)cnn1C. The van der Waals surface area contributed by atoms with E-state index in [1.807, 2.05) is 14.0 Å². The Balaban J connectivity index is 1.93. The Morgan fingerprint density at radius 2 is 2.21 bits per heavy atom. The largest absolute Gasteiger partial charge is 0.502 e. The van der Waals surface area contributed by atoms with Gasteiger partial charge in [-0.05, 0) is 31.9 Å². The van der Waals surface area contributed by atoms with Crippen molar-refractivity contribution in [3.8, 4) is 5.75 Å². The van der Waals surface area contributed by atoms with Crippen molar-refractivity contribution in [3.63, 3.8) is 0 Å². The fraction of sp³-hybridized carbons (Fsp3) is 0.375. The van der Waals surface area contributed by atoms with Crippen LogP contribution in [-0.4, -0.2) is 37.2 Å². The molecule has 2 aromatic rings. The Labute approximate surface area is 138 Å². The molecule has 1 aliphatic heterocycles. The molecule has 0 spiro atoms. The first-order valence-electron chi connectivity index (χ1n) is 7.67. The number of nitrogens with zero attached hydrogens (tertiary/aromatic N) is 4. The summed E-state index contributed by atoms with van der Waals surface area (Å²) in [6.45, 7) is 2.54. The summed E-state index contributed by atoms with van der Waals surface area (Å²) in [6, 6.07) is 3.64. The van der Waals surface area contributed by atoms with E-state index < -0.39 is 16.4 Å².